The molecular formula is C19H18ClFN2O2. The van der Waals surface area contributed by atoms with Crippen LogP contribution in [-0.2, 0) is 16.1 Å². The van der Waals surface area contributed by atoms with E-state index in [4.69, 9.17) is 11.6 Å². The van der Waals surface area contributed by atoms with E-state index in [0.717, 1.165) is 11.1 Å². The first-order valence-corrected chi connectivity index (χ1v) is 8.39. The number of carbonyl (C=O) groups excluding carboxylic acids is 2. The molecular weight excluding hydrogens is 343 g/mol. The van der Waals surface area contributed by atoms with Gasteiger partial charge in [-0.3, -0.25) is 9.59 Å². The average Bonchev–Trinajstić information content (AvgIpc) is 3.40. The quantitative estimate of drug-likeness (QED) is 0.796. The Balaban J connectivity index is 1.64. The summed E-state index contributed by atoms with van der Waals surface area (Å²) < 4.78 is 12.9. The van der Waals surface area contributed by atoms with E-state index in [1.165, 1.54) is 12.1 Å². The van der Waals surface area contributed by atoms with Gasteiger partial charge in [-0.15, -0.1) is 0 Å². The second-order valence-electron chi connectivity index (χ2n) is 6.26. The van der Waals surface area contributed by atoms with Crippen molar-refractivity contribution in [3.63, 3.8) is 0 Å². The first-order valence-electron chi connectivity index (χ1n) is 8.02. The number of hydrogen-bond donors (Lipinski definition) is 2. The molecule has 1 aliphatic rings. The van der Waals surface area contributed by atoms with Crippen LogP contribution in [0, 0.1) is 18.2 Å². The molecule has 0 saturated heterocycles. The van der Waals surface area contributed by atoms with Crippen LogP contribution >= 0.6 is 11.6 Å². The van der Waals surface area contributed by atoms with Gasteiger partial charge in [0.25, 0.3) is 0 Å². The molecule has 1 saturated carbocycles. The highest BCUT2D eigenvalue weighted by molar-refractivity contribution is 6.31. The third-order valence-corrected chi connectivity index (χ3v) is 4.91. The number of carbonyl (C=O) groups is 2. The predicted octanol–water partition coefficient (Wildman–Crippen LogP) is 3.82. The molecule has 2 amide bonds. The third-order valence-electron chi connectivity index (χ3n) is 4.50. The Morgan fingerprint density at radius 1 is 1.12 bits per heavy atom. The van der Waals surface area contributed by atoms with E-state index in [1.54, 1.807) is 30.3 Å². The highest BCUT2D eigenvalue weighted by Gasteiger charge is 2.56. The van der Waals surface area contributed by atoms with Crippen molar-refractivity contribution < 1.29 is 14.0 Å². The highest BCUT2D eigenvalue weighted by atomic mass is 35.5. The Hall–Kier alpha value is -2.40. The first-order chi connectivity index (χ1) is 11.9. The average molecular weight is 361 g/mol. The van der Waals surface area contributed by atoms with Gasteiger partial charge >= 0.3 is 0 Å². The summed E-state index contributed by atoms with van der Waals surface area (Å²) in [6.45, 7) is 2.07. The number of hydrogen-bond acceptors (Lipinski definition) is 2. The molecule has 1 aliphatic carbocycles. The van der Waals surface area contributed by atoms with E-state index in [-0.39, 0.29) is 24.2 Å². The molecule has 0 aliphatic heterocycles. The molecule has 25 heavy (non-hydrogen) atoms. The topological polar surface area (TPSA) is 58.2 Å². The Morgan fingerprint density at radius 2 is 1.80 bits per heavy atom. The summed E-state index contributed by atoms with van der Waals surface area (Å²) >= 11 is 6.06. The van der Waals surface area contributed by atoms with Crippen LogP contribution in [0.15, 0.2) is 42.5 Å². The van der Waals surface area contributed by atoms with Crippen LogP contribution in [0.5, 0.6) is 0 Å². The fraction of sp³-hybridized carbons (Fsp3) is 0.263. The van der Waals surface area contributed by atoms with E-state index >= 15 is 0 Å². The van der Waals surface area contributed by atoms with E-state index < -0.39 is 5.41 Å². The lowest BCUT2D eigenvalue weighted by atomic mass is 10.0. The highest BCUT2D eigenvalue weighted by Crippen LogP contribution is 2.47. The normalized spacial score (nSPS) is 14.7. The Kier molecular flexibility index (Phi) is 4.77. The van der Waals surface area contributed by atoms with Crippen LogP contribution in [0.3, 0.4) is 0 Å². The Labute approximate surface area is 150 Å². The zero-order valence-electron chi connectivity index (χ0n) is 13.7. The number of amides is 2. The molecule has 4 nitrogen and oxygen atoms in total. The van der Waals surface area contributed by atoms with E-state index in [1.807, 2.05) is 6.92 Å². The number of nitrogens with one attached hydrogen (secondary N) is 2. The van der Waals surface area contributed by atoms with Crippen LogP contribution in [-0.4, -0.2) is 11.8 Å². The Morgan fingerprint density at radius 3 is 2.44 bits per heavy atom. The molecule has 0 bridgehead atoms. The molecule has 2 aromatic carbocycles. The summed E-state index contributed by atoms with van der Waals surface area (Å²) in [5, 5.41) is 6.13. The number of benzene rings is 2. The molecule has 130 valence electrons. The first kappa shape index (κ1) is 17.4. The van der Waals surface area contributed by atoms with Crippen molar-refractivity contribution >= 4 is 29.1 Å². The van der Waals surface area contributed by atoms with E-state index in [9.17, 15) is 14.0 Å². The maximum absolute atomic E-state index is 12.9. The predicted molar refractivity (Wildman–Crippen MR) is 94.7 cm³/mol. The van der Waals surface area contributed by atoms with Crippen molar-refractivity contribution in [2.24, 2.45) is 5.41 Å². The van der Waals surface area contributed by atoms with Crippen LogP contribution in [0.2, 0.25) is 5.02 Å². The minimum atomic E-state index is -1.03. The summed E-state index contributed by atoms with van der Waals surface area (Å²) in [5.74, 6) is -0.964. The largest absolute Gasteiger partial charge is 0.351 e. The van der Waals surface area contributed by atoms with Gasteiger partial charge in [0.1, 0.15) is 11.2 Å². The Bertz CT molecular complexity index is 817. The summed E-state index contributed by atoms with van der Waals surface area (Å²) in [5.41, 5.74) is 1.11. The second-order valence-corrected chi connectivity index (χ2v) is 6.66. The number of rotatable bonds is 5. The van der Waals surface area contributed by atoms with Gasteiger partial charge in [-0.05, 0) is 55.2 Å². The van der Waals surface area contributed by atoms with Gasteiger partial charge in [-0.25, -0.2) is 4.39 Å². The molecule has 6 heteroatoms. The number of anilines is 1. The minimum Gasteiger partial charge on any atom is -0.351 e. The molecule has 0 spiro atoms. The molecule has 2 aromatic rings. The van der Waals surface area contributed by atoms with Gasteiger partial charge in [-0.1, -0.05) is 29.8 Å². The maximum atomic E-state index is 12.9. The van der Waals surface area contributed by atoms with Crippen molar-refractivity contribution in [3.8, 4) is 0 Å². The zero-order chi connectivity index (χ0) is 18.0. The number of halogens is 2. The smallest absolute Gasteiger partial charge is 0.240 e. The van der Waals surface area contributed by atoms with Gasteiger partial charge in [-0.2, -0.15) is 0 Å². The minimum absolute atomic E-state index is 0.254. The molecule has 0 radical (unpaired) electrons. The monoisotopic (exact) mass is 360 g/mol. The fourth-order valence-corrected chi connectivity index (χ4v) is 2.80. The van der Waals surface area contributed by atoms with Gasteiger partial charge in [0.15, 0.2) is 0 Å². The van der Waals surface area contributed by atoms with Crippen molar-refractivity contribution in [2.45, 2.75) is 26.3 Å². The zero-order valence-corrected chi connectivity index (χ0v) is 14.5. The molecule has 0 unspecified atom stereocenters. The summed E-state index contributed by atoms with van der Waals surface area (Å²) in [6.07, 6.45) is 1.02. The fourth-order valence-electron chi connectivity index (χ4n) is 2.62. The van der Waals surface area contributed by atoms with Gasteiger partial charge in [0, 0.05) is 17.3 Å². The molecule has 0 aromatic heterocycles. The summed E-state index contributed by atoms with van der Waals surface area (Å²) in [4.78, 5) is 25.1. The van der Waals surface area contributed by atoms with Crippen LogP contribution in [0.4, 0.5) is 10.1 Å². The van der Waals surface area contributed by atoms with E-state index in [0.29, 0.717) is 23.6 Å². The molecule has 2 N–H and O–H groups in total. The van der Waals surface area contributed by atoms with Gasteiger partial charge < -0.3 is 10.6 Å². The lowest BCUT2D eigenvalue weighted by molar-refractivity contribution is -0.134. The van der Waals surface area contributed by atoms with Crippen molar-refractivity contribution in [1.82, 2.24) is 5.32 Å². The van der Waals surface area contributed by atoms with Crippen molar-refractivity contribution in [3.05, 3.63) is 64.4 Å². The van der Waals surface area contributed by atoms with Crippen LogP contribution < -0.4 is 10.6 Å². The second kappa shape index (κ2) is 6.84. The standard InChI is InChI=1S/C19H18ClFN2O2/c1-12-15(20)3-2-4-16(12)23-18(25)19(9-10-19)17(24)22-11-13-5-7-14(21)8-6-13/h2-8H,9-11H2,1H3,(H,22,24)(H,23,25). The third kappa shape index (κ3) is 3.66. The lowest BCUT2D eigenvalue weighted by Crippen LogP contribution is -2.39. The summed E-state index contributed by atoms with van der Waals surface area (Å²) in [6, 6.07) is 11.1. The van der Waals surface area contributed by atoms with Crippen molar-refractivity contribution in [2.75, 3.05) is 5.32 Å². The van der Waals surface area contributed by atoms with Gasteiger partial charge in [0.2, 0.25) is 11.8 Å². The molecule has 1 fully saturated rings. The molecule has 0 atom stereocenters. The maximum Gasteiger partial charge on any atom is 0.240 e. The van der Waals surface area contributed by atoms with Crippen LogP contribution in [0.1, 0.15) is 24.0 Å². The van der Waals surface area contributed by atoms with Crippen LogP contribution in [0.25, 0.3) is 0 Å². The molecule has 3 rings (SSSR count). The SMILES string of the molecule is Cc1c(Cl)cccc1NC(=O)C1(C(=O)NCc2ccc(F)cc2)CC1. The van der Waals surface area contributed by atoms with Crippen molar-refractivity contribution in [1.29, 1.82) is 0 Å². The lowest BCUT2D eigenvalue weighted by Gasteiger charge is -2.17. The van der Waals surface area contributed by atoms with E-state index in [2.05, 4.69) is 10.6 Å². The molecule has 0 heterocycles. The van der Waals surface area contributed by atoms with Gasteiger partial charge in [0.05, 0.1) is 0 Å². The summed E-state index contributed by atoms with van der Waals surface area (Å²) in [7, 11) is 0.